The third kappa shape index (κ3) is 2.68. The molecule has 1 aromatic heterocycles. The molecule has 0 saturated heterocycles. The van der Waals surface area contributed by atoms with E-state index in [2.05, 4.69) is 4.98 Å². The fraction of sp³-hybridized carbons (Fsp3) is 0.154. The normalized spacial score (nSPS) is 11.6. The van der Waals surface area contributed by atoms with Crippen LogP contribution in [0.1, 0.15) is 11.1 Å². The molecule has 0 amide bonds. The summed E-state index contributed by atoms with van der Waals surface area (Å²) in [7, 11) is 0. The summed E-state index contributed by atoms with van der Waals surface area (Å²) in [5.41, 5.74) is 5.48. The van der Waals surface area contributed by atoms with Gasteiger partial charge in [0.1, 0.15) is 0 Å². The van der Waals surface area contributed by atoms with E-state index in [4.69, 9.17) is 10.8 Å². The largest absolute Gasteiger partial charge is 0.417 e. The van der Waals surface area contributed by atoms with Crippen LogP contribution >= 0.6 is 0 Å². The van der Waals surface area contributed by atoms with E-state index < -0.39 is 11.7 Å². The third-order valence-electron chi connectivity index (χ3n) is 2.70. The monoisotopic (exact) mass is 268 g/mol. The van der Waals surface area contributed by atoms with Crippen LogP contribution < -0.4 is 5.73 Å². The number of rotatable bonds is 2. The molecule has 0 saturated carbocycles. The van der Waals surface area contributed by atoms with Crippen LogP contribution in [0.4, 0.5) is 18.9 Å². The maximum atomic E-state index is 12.9. The van der Waals surface area contributed by atoms with Gasteiger partial charge in [0, 0.05) is 11.1 Å². The van der Waals surface area contributed by atoms with Crippen molar-refractivity contribution in [3.8, 4) is 11.3 Å². The number of nitrogens with two attached hydrogens (primary N) is 1. The van der Waals surface area contributed by atoms with Gasteiger partial charge in [-0.1, -0.05) is 18.2 Å². The first-order chi connectivity index (χ1) is 8.93. The van der Waals surface area contributed by atoms with Crippen molar-refractivity contribution in [2.24, 2.45) is 0 Å². The predicted molar refractivity (Wildman–Crippen MR) is 65.0 cm³/mol. The van der Waals surface area contributed by atoms with Gasteiger partial charge in [-0.25, -0.2) is 0 Å². The minimum atomic E-state index is -4.46. The van der Waals surface area contributed by atoms with Crippen LogP contribution in [0.3, 0.4) is 0 Å². The van der Waals surface area contributed by atoms with Crippen LogP contribution in [0, 0.1) is 0 Å². The summed E-state index contributed by atoms with van der Waals surface area (Å²) in [6.07, 6.45) is -3.22. The topological polar surface area (TPSA) is 59.1 Å². The van der Waals surface area contributed by atoms with Crippen molar-refractivity contribution in [1.29, 1.82) is 0 Å². The molecule has 0 radical (unpaired) electrons. The van der Waals surface area contributed by atoms with E-state index in [0.29, 0.717) is 5.56 Å². The predicted octanol–water partition coefficient (Wildman–Crippen LogP) is 2.84. The Morgan fingerprint density at radius 2 is 1.89 bits per heavy atom. The number of pyridine rings is 1. The Bertz CT molecular complexity index is 597. The zero-order valence-electron chi connectivity index (χ0n) is 9.78. The van der Waals surface area contributed by atoms with Crippen LogP contribution in [-0.4, -0.2) is 10.1 Å². The molecule has 3 nitrogen and oxygen atoms in total. The highest BCUT2D eigenvalue weighted by molar-refractivity contribution is 5.67. The average molecular weight is 268 g/mol. The Morgan fingerprint density at radius 1 is 1.21 bits per heavy atom. The first kappa shape index (κ1) is 13.4. The lowest BCUT2D eigenvalue weighted by Gasteiger charge is -2.13. The molecule has 0 aliphatic heterocycles. The fourth-order valence-electron chi connectivity index (χ4n) is 1.75. The molecular formula is C13H11F3N2O. The van der Waals surface area contributed by atoms with E-state index in [1.165, 1.54) is 30.5 Å². The summed E-state index contributed by atoms with van der Waals surface area (Å²) >= 11 is 0. The Kier molecular flexibility index (Phi) is 3.44. The van der Waals surface area contributed by atoms with E-state index in [-0.39, 0.29) is 23.6 Å². The van der Waals surface area contributed by atoms with Gasteiger partial charge in [-0.3, -0.25) is 4.98 Å². The molecule has 100 valence electrons. The van der Waals surface area contributed by atoms with E-state index in [0.717, 1.165) is 6.07 Å². The van der Waals surface area contributed by atoms with Crippen LogP contribution in [0.15, 0.2) is 36.5 Å². The van der Waals surface area contributed by atoms with Crippen molar-refractivity contribution in [2.45, 2.75) is 12.8 Å². The molecule has 0 aliphatic carbocycles. The Hall–Kier alpha value is -2.08. The molecule has 1 aromatic carbocycles. The van der Waals surface area contributed by atoms with Gasteiger partial charge in [0.2, 0.25) is 0 Å². The summed E-state index contributed by atoms with van der Waals surface area (Å²) in [6.45, 7) is -0.352. The van der Waals surface area contributed by atoms with Gasteiger partial charge in [-0.05, 0) is 12.1 Å². The molecule has 0 aliphatic rings. The van der Waals surface area contributed by atoms with Gasteiger partial charge >= 0.3 is 6.18 Å². The SMILES string of the molecule is Nc1cnc(-c2ccccc2C(F)(F)F)cc1CO. The lowest BCUT2D eigenvalue weighted by atomic mass is 10.0. The number of hydrogen-bond acceptors (Lipinski definition) is 3. The molecule has 2 rings (SSSR count). The molecular weight excluding hydrogens is 257 g/mol. The summed E-state index contributed by atoms with van der Waals surface area (Å²) in [4.78, 5) is 3.90. The Morgan fingerprint density at radius 3 is 2.53 bits per heavy atom. The highest BCUT2D eigenvalue weighted by Crippen LogP contribution is 2.36. The van der Waals surface area contributed by atoms with Crippen LogP contribution in [0.25, 0.3) is 11.3 Å². The van der Waals surface area contributed by atoms with Gasteiger partial charge in [0.15, 0.2) is 0 Å². The van der Waals surface area contributed by atoms with Crippen molar-refractivity contribution in [3.63, 3.8) is 0 Å². The number of benzene rings is 1. The van der Waals surface area contributed by atoms with Crippen molar-refractivity contribution in [2.75, 3.05) is 5.73 Å². The number of hydrogen-bond donors (Lipinski definition) is 2. The smallest absolute Gasteiger partial charge is 0.397 e. The van der Waals surface area contributed by atoms with Crippen LogP contribution in [0.5, 0.6) is 0 Å². The number of alkyl halides is 3. The molecule has 19 heavy (non-hydrogen) atoms. The molecule has 0 atom stereocenters. The highest BCUT2D eigenvalue weighted by atomic mass is 19.4. The summed E-state index contributed by atoms with van der Waals surface area (Å²) < 4.78 is 38.7. The number of aliphatic hydroxyl groups is 1. The fourth-order valence-corrected chi connectivity index (χ4v) is 1.75. The van der Waals surface area contributed by atoms with Gasteiger partial charge in [-0.15, -0.1) is 0 Å². The summed E-state index contributed by atoms with van der Waals surface area (Å²) in [5, 5.41) is 9.09. The van der Waals surface area contributed by atoms with Crippen LogP contribution in [0.2, 0.25) is 0 Å². The molecule has 1 heterocycles. The maximum absolute atomic E-state index is 12.9. The Labute approximate surface area is 107 Å². The van der Waals surface area contributed by atoms with E-state index in [1.54, 1.807) is 0 Å². The van der Waals surface area contributed by atoms with E-state index in [1.807, 2.05) is 0 Å². The van der Waals surface area contributed by atoms with Gasteiger partial charge < -0.3 is 10.8 Å². The first-order valence-electron chi connectivity index (χ1n) is 5.45. The second-order valence-corrected chi connectivity index (χ2v) is 3.97. The van der Waals surface area contributed by atoms with E-state index >= 15 is 0 Å². The number of nitrogen functional groups attached to an aromatic ring is 1. The molecule has 0 fully saturated rings. The molecule has 3 N–H and O–H groups in total. The summed E-state index contributed by atoms with van der Waals surface area (Å²) in [6, 6.07) is 6.51. The second-order valence-electron chi connectivity index (χ2n) is 3.97. The molecule has 0 spiro atoms. The number of nitrogens with zero attached hydrogens (tertiary/aromatic N) is 1. The number of aliphatic hydroxyl groups excluding tert-OH is 1. The maximum Gasteiger partial charge on any atom is 0.417 e. The minimum absolute atomic E-state index is 0.0373. The quantitative estimate of drug-likeness (QED) is 0.880. The lowest BCUT2D eigenvalue weighted by molar-refractivity contribution is -0.137. The summed E-state index contributed by atoms with van der Waals surface area (Å²) in [5.74, 6) is 0. The van der Waals surface area contributed by atoms with Crippen LogP contribution in [-0.2, 0) is 12.8 Å². The van der Waals surface area contributed by atoms with Crippen molar-refractivity contribution < 1.29 is 18.3 Å². The van der Waals surface area contributed by atoms with Crippen molar-refractivity contribution >= 4 is 5.69 Å². The first-order valence-corrected chi connectivity index (χ1v) is 5.45. The van der Waals surface area contributed by atoms with E-state index in [9.17, 15) is 13.2 Å². The van der Waals surface area contributed by atoms with Gasteiger partial charge in [-0.2, -0.15) is 13.2 Å². The van der Waals surface area contributed by atoms with Crippen molar-refractivity contribution in [3.05, 3.63) is 47.7 Å². The number of halogens is 3. The zero-order valence-corrected chi connectivity index (χ0v) is 9.78. The molecule has 0 bridgehead atoms. The zero-order chi connectivity index (χ0) is 14.0. The minimum Gasteiger partial charge on any atom is -0.397 e. The highest BCUT2D eigenvalue weighted by Gasteiger charge is 2.33. The standard InChI is InChI=1S/C13H11F3N2O/c14-13(15,16)10-4-2-1-3-9(10)12-5-8(7-19)11(17)6-18-12/h1-6,19H,7,17H2. The Balaban J connectivity index is 2.59. The molecule has 6 heteroatoms. The number of aromatic nitrogens is 1. The van der Waals surface area contributed by atoms with Crippen molar-refractivity contribution in [1.82, 2.24) is 4.98 Å². The number of anilines is 1. The average Bonchev–Trinajstić information content (AvgIpc) is 2.38. The lowest BCUT2D eigenvalue weighted by Crippen LogP contribution is -2.07. The van der Waals surface area contributed by atoms with Gasteiger partial charge in [0.25, 0.3) is 0 Å². The molecule has 2 aromatic rings. The van der Waals surface area contributed by atoms with Gasteiger partial charge in [0.05, 0.1) is 29.7 Å². The second kappa shape index (κ2) is 4.89. The molecule has 0 unspecified atom stereocenters. The third-order valence-corrected chi connectivity index (χ3v) is 2.70.